The second-order valence-corrected chi connectivity index (χ2v) is 11.3. The zero-order valence-corrected chi connectivity index (χ0v) is 25.9. The van der Waals surface area contributed by atoms with E-state index >= 15 is 0 Å². The number of carbonyl (C=O) groups is 2. The summed E-state index contributed by atoms with van der Waals surface area (Å²) < 4.78 is 3.78. The largest absolute Gasteiger partial charge is 0.327 e. The van der Waals surface area contributed by atoms with Crippen LogP contribution in [0.25, 0.3) is 11.1 Å². The summed E-state index contributed by atoms with van der Waals surface area (Å²) in [7, 11) is 5.83. The molecule has 2 N–H and O–H groups in total. The molecule has 0 unspecified atom stereocenters. The van der Waals surface area contributed by atoms with Gasteiger partial charge in [0, 0.05) is 56.2 Å². The van der Waals surface area contributed by atoms with E-state index in [4.69, 9.17) is 11.6 Å². The third-order valence-electron chi connectivity index (χ3n) is 8.09. The molecule has 0 spiro atoms. The summed E-state index contributed by atoms with van der Waals surface area (Å²) in [5.41, 5.74) is 7.70. The van der Waals surface area contributed by atoms with Crippen molar-refractivity contribution >= 4 is 34.8 Å². The molecule has 10 heteroatoms. The molecule has 2 amide bonds. The van der Waals surface area contributed by atoms with Crippen LogP contribution in [-0.4, -0.2) is 49.4 Å². The van der Waals surface area contributed by atoms with E-state index < -0.39 is 0 Å². The molecule has 0 bridgehead atoms. The maximum absolute atomic E-state index is 13.3. The molecule has 4 aromatic rings. The molecule has 3 heterocycles. The van der Waals surface area contributed by atoms with Crippen LogP contribution < -0.4 is 10.6 Å². The zero-order valence-electron chi connectivity index (χ0n) is 25.1. The van der Waals surface area contributed by atoms with Crippen molar-refractivity contribution < 1.29 is 9.59 Å². The molecule has 220 valence electrons. The minimum atomic E-state index is -0.310. The van der Waals surface area contributed by atoms with Gasteiger partial charge in [-0.25, -0.2) is 9.97 Å². The van der Waals surface area contributed by atoms with Crippen molar-refractivity contribution in [3.05, 3.63) is 81.4 Å². The quantitative estimate of drug-likeness (QED) is 0.272. The molecule has 2 aromatic heterocycles. The van der Waals surface area contributed by atoms with Crippen LogP contribution in [0.15, 0.2) is 36.4 Å². The molecule has 42 heavy (non-hydrogen) atoms. The number of hydrogen-bond donors (Lipinski definition) is 2. The fourth-order valence-corrected chi connectivity index (χ4v) is 6.02. The predicted molar refractivity (Wildman–Crippen MR) is 167 cm³/mol. The smallest absolute Gasteiger partial charge is 0.291 e. The molecular formula is C32H38ClN7O2. The van der Waals surface area contributed by atoms with Gasteiger partial charge in [0.25, 0.3) is 11.8 Å². The number of aryl methyl sites for hydroxylation is 1. The minimum Gasteiger partial charge on any atom is -0.327 e. The summed E-state index contributed by atoms with van der Waals surface area (Å²) in [6.07, 6.45) is 3.48. The molecule has 0 fully saturated rings. The molecule has 0 atom stereocenters. The van der Waals surface area contributed by atoms with Gasteiger partial charge in [-0.3, -0.25) is 9.59 Å². The number of aromatic nitrogens is 4. The fourth-order valence-electron chi connectivity index (χ4n) is 5.74. The molecule has 0 saturated heterocycles. The first-order chi connectivity index (χ1) is 20.1. The molecule has 0 saturated carbocycles. The highest BCUT2D eigenvalue weighted by atomic mass is 35.5. The van der Waals surface area contributed by atoms with Crippen molar-refractivity contribution in [2.24, 2.45) is 14.1 Å². The monoisotopic (exact) mass is 587 g/mol. The number of nitrogens with one attached hydrogen (secondary N) is 2. The zero-order chi connectivity index (χ0) is 30.1. The Morgan fingerprint density at radius 1 is 0.905 bits per heavy atom. The van der Waals surface area contributed by atoms with Crippen LogP contribution in [0.2, 0.25) is 5.02 Å². The molecule has 1 aliphatic heterocycles. The highest BCUT2D eigenvalue weighted by Gasteiger charge is 2.25. The van der Waals surface area contributed by atoms with Crippen LogP contribution in [0.3, 0.4) is 0 Å². The fraction of sp³-hybridized carbons (Fsp3) is 0.375. The Labute approximate surface area is 251 Å². The van der Waals surface area contributed by atoms with Gasteiger partial charge in [-0.1, -0.05) is 56.1 Å². The lowest BCUT2D eigenvalue weighted by Crippen LogP contribution is -2.27. The summed E-state index contributed by atoms with van der Waals surface area (Å²) in [5, 5.41) is 6.44. The van der Waals surface area contributed by atoms with Crippen molar-refractivity contribution in [2.45, 2.75) is 53.0 Å². The number of halogens is 1. The molecule has 1 aliphatic rings. The molecule has 9 nitrogen and oxygen atoms in total. The number of imidazole rings is 2. The average Bonchev–Trinajstić information content (AvgIpc) is 3.47. The van der Waals surface area contributed by atoms with Gasteiger partial charge >= 0.3 is 0 Å². The number of rotatable bonds is 8. The van der Waals surface area contributed by atoms with E-state index in [1.807, 2.05) is 60.5 Å². The maximum atomic E-state index is 13.3. The number of benzene rings is 2. The number of amides is 2. The third kappa shape index (κ3) is 5.46. The van der Waals surface area contributed by atoms with E-state index in [1.165, 1.54) is 0 Å². The van der Waals surface area contributed by atoms with Crippen molar-refractivity contribution in [2.75, 3.05) is 24.2 Å². The van der Waals surface area contributed by atoms with Crippen LogP contribution in [0.5, 0.6) is 0 Å². The number of likely N-dealkylation sites (N-methyl/N-ethyl adjacent to an activating group) is 1. The van der Waals surface area contributed by atoms with E-state index in [0.717, 1.165) is 78.2 Å². The highest BCUT2D eigenvalue weighted by molar-refractivity contribution is 6.36. The molecule has 5 rings (SSSR count). The summed E-state index contributed by atoms with van der Waals surface area (Å²) >= 11 is 6.90. The van der Waals surface area contributed by atoms with Crippen molar-refractivity contribution in [3.63, 3.8) is 0 Å². The Morgan fingerprint density at radius 2 is 1.55 bits per heavy atom. The molecule has 0 radical (unpaired) electrons. The third-order valence-corrected chi connectivity index (χ3v) is 8.50. The topological polar surface area (TPSA) is 97.1 Å². The Hall–Kier alpha value is -3.95. The first kappa shape index (κ1) is 29.5. The van der Waals surface area contributed by atoms with Gasteiger partial charge in [0.2, 0.25) is 0 Å². The number of carbonyl (C=O) groups excluding carboxylic acids is 2. The number of nitrogens with zero attached hydrogens (tertiary/aromatic N) is 5. The predicted octanol–water partition coefficient (Wildman–Crippen LogP) is 5.79. The van der Waals surface area contributed by atoms with Gasteiger partial charge in [0.05, 0.1) is 22.1 Å². The van der Waals surface area contributed by atoms with E-state index in [9.17, 15) is 9.59 Å². The summed E-state index contributed by atoms with van der Waals surface area (Å²) in [6.45, 7) is 7.77. The number of hydrogen-bond acceptors (Lipinski definition) is 5. The van der Waals surface area contributed by atoms with Gasteiger partial charge in [0.15, 0.2) is 11.6 Å². The maximum Gasteiger partial charge on any atom is 0.291 e. The molecular weight excluding hydrogens is 550 g/mol. The highest BCUT2D eigenvalue weighted by Crippen LogP contribution is 2.37. The van der Waals surface area contributed by atoms with Crippen LogP contribution >= 0.6 is 11.6 Å². The van der Waals surface area contributed by atoms with Crippen molar-refractivity contribution in [1.29, 1.82) is 0 Å². The van der Waals surface area contributed by atoms with E-state index in [2.05, 4.69) is 46.4 Å². The van der Waals surface area contributed by atoms with Crippen LogP contribution in [-0.2, 0) is 39.9 Å². The first-order valence-corrected chi connectivity index (χ1v) is 14.8. The van der Waals surface area contributed by atoms with Gasteiger partial charge in [0.1, 0.15) is 0 Å². The normalized spacial score (nSPS) is 13.2. The van der Waals surface area contributed by atoms with E-state index in [-0.39, 0.29) is 11.8 Å². The van der Waals surface area contributed by atoms with Gasteiger partial charge < -0.3 is 24.7 Å². The SMILES string of the molecule is CCCc1c(CC)nc(C(=O)Nc2cccc(-c3cccc(NC(=O)c4nc5c(n4C)CCN(C)C5)c3Cl)c2C)n1C. The van der Waals surface area contributed by atoms with Gasteiger partial charge in [-0.2, -0.15) is 0 Å². The number of anilines is 2. The minimum absolute atomic E-state index is 0.258. The lowest BCUT2D eigenvalue weighted by atomic mass is 9.98. The van der Waals surface area contributed by atoms with Crippen molar-refractivity contribution in [3.8, 4) is 11.1 Å². The standard InChI is InChI=1S/C32H38ClN7O2/c1-7-11-26-22(8-2)34-29(39(26)5)31(41)36-23-14-9-12-20(19(23)3)21-13-10-15-24(28(21)33)37-32(42)30-35-25-18-38(4)17-16-27(25)40(30)6/h9-10,12-15H,7-8,11,16-18H2,1-6H3,(H,36,41)(H,37,42). The van der Waals surface area contributed by atoms with Crippen LogP contribution in [0.1, 0.15) is 69.8 Å². The van der Waals surface area contributed by atoms with E-state index in [0.29, 0.717) is 28.0 Å². The summed E-state index contributed by atoms with van der Waals surface area (Å²) in [6, 6.07) is 11.2. The number of fused-ring (bicyclic) bond motifs is 1. The average molecular weight is 588 g/mol. The molecule has 2 aromatic carbocycles. The van der Waals surface area contributed by atoms with Crippen LogP contribution in [0, 0.1) is 6.92 Å². The lowest BCUT2D eigenvalue weighted by molar-refractivity contribution is 0.100. The lowest BCUT2D eigenvalue weighted by Gasteiger charge is -2.21. The van der Waals surface area contributed by atoms with Crippen molar-refractivity contribution in [1.82, 2.24) is 24.0 Å². The Kier molecular flexibility index (Phi) is 8.52. The van der Waals surface area contributed by atoms with Gasteiger partial charge in [-0.05, 0) is 50.1 Å². The first-order valence-electron chi connectivity index (χ1n) is 14.4. The Bertz CT molecular complexity index is 1610. The van der Waals surface area contributed by atoms with E-state index in [1.54, 1.807) is 6.07 Å². The second-order valence-electron chi connectivity index (χ2n) is 10.9. The summed E-state index contributed by atoms with van der Waals surface area (Å²) in [5.74, 6) is 0.187. The van der Waals surface area contributed by atoms with Crippen LogP contribution in [0.4, 0.5) is 11.4 Å². The Morgan fingerprint density at radius 3 is 2.24 bits per heavy atom. The van der Waals surface area contributed by atoms with Gasteiger partial charge in [-0.15, -0.1) is 0 Å². The second kappa shape index (κ2) is 12.1. The molecule has 0 aliphatic carbocycles. The summed E-state index contributed by atoms with van der Waals surface area (Å²) in [4.78, 5) is 38.1. The Balaban J connectivity index is 1.40.